The Kier molecular flexibility index (Phi) is 7.88. The number of benzene rings is 1. The Morgan fingerprint density at radius 3 is 2.62 bits per heavy atom. The van der Waals surface area contributed by atoms with Gasteiger partial charge in [-0.05, 0) is 37.8 Å². The summed E-state index contributed by atoms with van der Waals surface area (Å²) in [7, 11) is 0. The van der Waals surface area contributed by atoms with Crippen LogP contribution in [0.3, 0.4) is 0 Å². The van der Waals surface area contributed by atoms with Gasteiger partial charge in [0.05, 0.1) is 5.56 Å². The van der Waals surface area contributed by atoms with Crippen LogP contribution in [-0.2, 0) is 0 Å². The lowest BCUT2D eigenvalue weighted by Gasteiger charge is -2.13. The molecule has 0 atom stereocenters. The Morgan fingerprint density at radius 1 is 1.19 bits per heavy atom. The molecule has 118 valence electrons. The number of anilines is 1. The predicted octanol–water partition coefficient (Wildman–Crippen LogP) is 4.37. The summed E-state index contributed by atoms with van der Waals surface area (Å²) in [6, 6.07) is 6.00. The number of hydrogen-bond donors (Lipinski definition) is 2. The van der Waals surface area contributed by atoms with E-state index in [9.17, 15) is 4.79 Å². The van der Waals surface area contributed by atoms with Crippen LogP contribution in [0.4, 0.5) is 5.69 Å². The summed E-state index contributed by atoms with van der Waals surface area (Å²) in [6.45, 7) is 10.2. The predicted molar refractivity (Wildman–Crippen MR) is 91.0 cm³/mol. The summed E-state index contributed by atoms with van der Waals surface area (Å²) >= 11 is 0. The third-order valence-electron chi connectivity index (χ3n) is 3.48. The van der Waals surface area contributed by atoms with Crippen LogP contribution >= 0.6 is 0 Å². The van der Waals surface area contributed by atoms with Crippen molar-refractivity contribution in [2.45, 2.75) is 53.4 Å². The lowest BCUT2D eigenvalue weighted by molar-refractivity contribution is 0.0953. The number of aryl methyl sites for hydroxylation is 1. The number of nitrogens with one attached hydrogen (secondary N) is 2. The molecule has 21 heavy (non-hydrogen) atoms. The van der Waals surface area contributed by atoms with Gasteiger partial charge in [-0.1, -0.05) is 45.2 Å². The van der Waals surface area contributed by atoms with Gasteiger partial charge in [-0.2, -0.15) is 0 Å². The molecule has 3 heteroatoms. The van der Waals surface area contributed by atoms with E-state index in [2.05, 4.69) is 31.4 Å². The zero-order valence-corrected chi connectivity index (χ0v) is 14.0. The Morgan fingerprint density at radius 2 is 1.95 bits per heavy atom. The van der Waals surface area contributed by atoms with Gasteiger partial charge in [-0.3, -0.25) is 4.79 Å². The molecule has 0 saturated carbocycles. The number of carbonyl (C=O) groups is 1. The minimum atomic E-state index is 0.0295. The van der Waals surface area contributed by atoms with Crippen molar-refractivity contribution >= 4 is 11.6 Å². The van der Waals surface area contributed by atoms with Gasteiger partial charge in [0.15, 0.2) is 0 Å². The maximum atomic E-state index is 12.3. The molecule has 0 aromatic heterocycles. The van der Waals surface area contributed by atoms with Gasteiger partial charge in [-0.15, -0.1) is 0 Å². The average molecular weight is 290 g/mol. The third-order valence-corrected chi connectivity index (χ3v) is 3.48. The fourth-order valence-corrected chi connectivity index (χ4v) is 2.23. The largest absolute Gasteiger partial charge is 0.384 e. The van der Waals surface area contributed by atoms with E-state index in [0.717, 1.165) is 48.7 Å². The first-order valence-corrected chi connectivity index (χ1v) is 8.17. The highest BCUT2D eigenvalue weighted by Gasteiger charge is 2.11. The van der Waals surface area contributed by atoms with Crippen molar-refractivity contribution < 1.29 is 4.79 Å². The fourth-order valence-electron chi connectivity index (χ4n) is 2.23. The second kappa shape index (κ2) is 9.43. The number of amides is 1. The first-order valence-electron chi connectivity index (χ1n) is 8.17. The van der Waals surface area contributed by atoms with Gasteiger partial charge < -0.3 is 10.6 Å². The van der Waals surface area contributed by atoms with E-state index in [4.69, 9.17) is 0 Å². The monoisotopic (exact) mass is 290 g/mol. The zero-order valence-electron chi connectivity index (χ0n) is 14.0. The maximum absolute atomic E-state index is 12.3. The molecule has 0 spiro atoms. The Bertz CT molecular complexity index is 441. The molecule has 0 aliphatic carbocycles. The van der Waals surface area contributed by atoms with E-state index in [1.54, 1.807) is 0 Å². The molecular formula is C18H30N2O. The van der Waals surface area contributed by atoms with Crippen molar-refractivity contribution in [3.05, 3.63) is 29.3 Å². The fraction of sp³-hybridized carbons (Fsp3) is 0.611. The quantitative estimate of drug-likeness (QED) is 0.663. The topological polar surface area (TPSA) is 41.1 Å². The lowest BCUT2D eigenvalue weighted by Crippen LogP contribution is -2.25. The van der Waals surface area contributed by atoms with Crippen LogP contribution in [0.15, 0.2) is 18.2 Å². The summed E-state index contributed by atoms with van der Waals surface area (Å²) in [5.41, 5.74) is 2.80. The summed E-state index contributed by atoms with van der Waals surface area (Å²) in [6.07, 6.45) is 4.49. The van der Waals surface area contributed by atoms with Gasteiger partial charge in [0, 0.05) is 18.8 Å². The van der Waals surface area contributed by atoms with E-state index in [0.29, 0.717) is 0 Å². The van der Waals surface area contributed by atoms with E-state index in [1.807, 2.05) is 25.1 Å². The molecule has 0 aliphatic heterocycles. The number of unbranched alkanes of at least 4 members (excludes halogenated alkanes) is 1. The van der Waals surface area contributed by atoms with Crippen LogP contribution in [0, 0.1) is 12.8 Å². The van der Waals surface area contributed by atoms with Gasteiger partial charge in [0.1, 0.15) is 0 Å². The lowest BCUT2D eigenvalue weighted by atomic mass is 10.1. The number of carbonyl (C=O) groups excluding carboxylic acids is 1. The SMILES string of the molecule is CCCNc1ccc(C)cc1C(=O)NCCCCC(C)C. The molecule has 0 radical (unpaired) electrons. The second-order valence-corrected chi connectivity index (χ2v) is 6.12. The van der Waals surface area contributed by atoms with Crippen molar-refractivity contribution in [1.29, 1.82) is 0 Å². The van der Waals surface area contributed by atoms with E-state index in [1.165, 1.54) is 12.8 Å². The van der Waals surface area contributed by atoms with Crippen molar-refractivity contribution in [2.24, 2.45) is 5.92 Å². The molecule has 0 heterocycles. The first kappa shape index (κ1) is 17.5. The highest BCUT2D eigenvalue weighted by Crippen LogP contribution is 2.17. The van der Waals surface area contributed by atoms with Crippen LogP contribution in [0.5, 0.6) is 0 Å². The normalized spacial score (nSPS) is 10.7. The molecule has 0 unspecified atom stereocenters. The van der Waals surface area contributed by atoms with Crippen LogP contribution in [0.1, 0.15) is 62.4 Å². The zero-order chi connectivity index (χ0) is 15.7. The Balaban J connectivity index is 2.53. The molecule has 2 N–H and O–H groups in total. The van der Waals surface area contributed by atoms with Gasteiger partial charge in [0.25, 0.3) is 5.91 Å². The Hall–Kier alpha value is -1.51. The molecule has 1 rings (SSSR count). The molecule has 0 aliphatic rings. The highest BCUT2D eigenvalue weighted by atomic mass is 16.1. The molecule has 1 amide bonds. The minimum absolute atomic E-state index is 0.0295. The first-order chi connectivity index (χ1) is 10.0. The molecule has 0 fully saturated rings. The van der Waals surface area contributed by atoms with Crippen LogP contribution < -0.4 is 10.6 Å². The summed E-state index contributed by atoms with van der Waals surface area (Å²) in [5, 5.41) is 6.36. The second-order valence-electron chi connectivity index (χ2n) is 6.12. The van der Waals surface area contributed by atoms with Crippen molar-refractivity contribution in [1.82, 2.24) is 5.32 Å². The molecule has 0 bridgehead atoms. The van der Waals surface area contributed by atoms with Gasteiger partial charge in [-0.25, -0.2) is 0 Å². The molecule has 1 aromatic carbocycles. The van der Waals surface area contributed by atoms with E-state index >= 15 is 0 Å². The standard InChI is InChI=1S/C18H30N2O/c1-5-11-19-17-10-9-15(4)13-16(17)18(21)20-12-7-6-8-14(2)3/h9-10,13-14,19H,5-8,11-12H2,1-4H3,(H,20,21). The van der Waals surface area contributed by atoms with Gasteiger partial charge >= 0.3 is 0 Å². The van der Waals surface area contributed by atoms with Crippen LogP contribution in [-0.4, -0.2) is 19.0 Å². The van der Waals surface area contributed by atoms with Crippen LogP contribution in [0.2, 0.25) is 0 Å². The van der Waals surface area contributed by atoms with Crippen molar-refractivity contribution in [3.8, 4) is 0 Å². The molecule has 3 nitrogen and oxygen atoms in total. The minimum Gasteiger partial charge on any atom is -0.384 e. The smallest absolute Gasteiger partial charge is 0.253 e. The molecule has 1 aromatic rings. The molecule has 0 saturated heterocycles. The Labute approximate surface area is 129 Å². The summed E-state index contributed by atoms with van der Waals surface area (Å²) in [5.74, 6) is 0.768. The molecular weight excluding hydrogens is 260 g/mol. The van der Waals surface area contributed by atoms with E-state index < -0.39 is 0 Å². The highest BCUT2D eigenvalue weighted by molar-refractivity contribution is 5.99. The number of hydrogen-bond acceptors (Lipinski definition) is 2. The van der Waals surface area contributed by atoms with Crippen LogP contribution in [0.25, 0.3) is 0 Å². The van der Waals surface area contributed by atoms with Gasteiger partial charge in [0.2, 0.25) is 0 Å². The van der Waals surface area contributed by atoms with Crippen molar-refractivity contribution in [2.75, 3.05) is 18.4 Å². The summed E-state index contributed by atoms with van der Waals surface area (Å²) in [4.78, 5) is 12.3. The van der Waals surface area contributed by atoms with E-state index in [-0.39, 0.29) is 5.91 Å². The maximum Gasteiger partial charge on any atom is 0.253 e. The average Bonchev–Trinajstić information content (AvgIpc) is 2.45. The van der Waals surface area contributed by atoms with Crippen molar-refractivity contribution in [3.63, 3.8) is 0 Å². The third kappa shape index (κ3) is 6.65. The summed E-state index contributed by atoms with van der Waals surface area (Å²) < 4.78 is 0. The number of rotatable bonds is 9.